The van der Waals surface area contributed by atoms with Crippen molar-refractivity contribution in [1.29, 1.82) is 0 Å². The first-order chi connectivity index (χ1) is 11.5. The molecule has 0 N–H and O–H groups in total. The standard InChI is InChI=1S/C17H18ClNO4S/c1-22-15-3-2-4-17(11-15)24(20,21)19-10-9-16(12-19)23-14-7-5-13(18)6-8-14/h2-8,11,16H,9-10,12H2,1H3. The van der Waals surface area contributed by atoms with E-state index in [-0.39, 0.29) is 11.0 Å². The van der Waals surface area contributed by atoms with E-state index in [9.17, 15) is 8.42 Å². The number of halogens is 1. The van der Waals surface area contributed by atoms with Crippen molar-refractivity contribution in [2.45, 2.75) is 17.4 Å². The highest BCUT2D eigenvalue weighted by Crippen LogP contribution is 2.26. The summed E-state index contributed by atoms with van der Waals surface area (Å²) >= 11 is 5.85. The normalized spacial score (nSPS) is 18.5. The number of rotatable bonds is 5. The fourth-order valence-corrected chi connectivity index (χ4v) is 4.28. The van der Waals surface area contributed by atoms with Gasteiger partial charge in [0, 0.05) is 17.6 Å². The van der Waals surface area contributed by atoms with E-state index < -0.39 is 10.0 Å². The molecule has 1 aliphatic rings. The van der Waals surface area contributed by atoms with E-state index in [0.29, 0.717) is 36.0 Å². The Hall–Kier alpha value is -1.76. The Balaban J connectivity index is 1.70. The zero-order chi connectivity index (χ0) is 17.2. The third-order valence-corrected chi connectivity index (χ3v) is 6.02. The highest BCUT2D eigenvalue weighted by atomic mass is 35.5. The lowest BCUT2D eigenvalue weighted by Crippen LogP contribution is -2.31. The molecule has 0 aromatic heterocycles. The molecule has 1 aliphatic heterocycles. The second-order valence-corrected chi connectivity index (χ2v) is 7.90. The Morgan fingerprint density at radius 3 is 2.58 bits per heavy atom. The highest BCUT2D eigenvalue weighted by Gasteiger charge is 2.33. The van der Waals surface area contributed by atoms with Crippen molar-refractivity contribution in [3.05, 3.63) is 53.6 Å². The average Bonchev–Trinajstić information content (AvgIpc) is 3.06. The molecule has 0 spiro atoms. The molecule has 1 fully saturated rings. The van der Waals surface area contributed by atoms with E-state index >= 15 is 0 Å². The molecule has 1 unspecified atom stereocenters. The van der Waals surface area contributed by atoms with Crippen molar-refractivity contribution >= 4 is 21.6 Å². The van der Waals surface area contributed by atoms with Crippen LogP contribution in [0.5, 0.6) is 11.5 Å². The SMILES string of the molecule is COc1cccc(S(=O)(=O)N2CCC(Oc3ccc(Cl)cc3)C2)c1. The smallest absolute Gasteiger partial charge is 0.243 e. The molecule has 0 bridgehead atoms. The van der Waals surface area contributed by atoms with Gasteiger partial charge in [0.2, 0.25) is 10.0 Å². The third kappa shape index (κ3) is 3.66. The van der Waals surface area contributed by atoms with E-state index in [2.05, 4.69) is 0 Å². The summed E-state index contributed by atoms with van der Waals surface area (Å²) in [7, 11) is -2.04. The predicted octanol–water partition coefficient (Wildman–Crippen LogP) is 3.19. The topological polar surface area (TPSA) is 55.8 Å². The summed E-state index contributed by atoms with van der Waals surface area (Å²) in [6.45, 7) is 0.750. The van der Waals surface area contributed by atoms with Gasteiger partial charge in [-0.25, -0.2) is 8.42 Å². The lowest BCUT2D eigenvalue weighted by atomic mass is 10.3. The van der Waals surface area contributed by atoms with Gasteiger partial charge in [0.25, 0.3) is 0 Å². The minimum atomic E-state index is -3.55. The number of benzene rings is 2. The van der Waals surface area contributed by atoms with Crippen molar-refractivity contribution in [2.24, 2.45) is 0 Å². The Kier molecular flexibility index (Phi) is 4.99. The van der Waals surface area contributed by atoms with E-state index in [1.54, 1.807) is 42.5 Å². The Bertz CT molecular complexity index is 808. The van der Waals surface area contributed by atoms with Crippen molar-refractivity contribution in [3.63, 3.8) is 0 Å². The number of nitrogens with zero attached hydrogens (tertiary/aromatic N) is 1. The molecule has 0 saturated carbocycles. The first kappa shape index (κ1) is 17.1. The molecule has 24 heavy (non-hydrogen) atoms. The second kappa shape index (κ2) is 7.01. The Morgan fingerprint density at radius 2 is 1.88 bits per heavy atom. The van der Waals surface area contributed by atoms with Crippen LogP contribution < -0.4 is 9.47 Å². The van der Waals surface area contributed by atoms with Gasteiger partial charge in [-0.05, 0) is 42.8 Å². The summed E-state index contributed by atoms with van der Waals surface area (Å²) in [4.78, 5) is 0.231. The summed E-state index contributed by atoms with van der Waals surface area (Å²) in [5.41, 5.74) is 0. The van der Waals surface area contributed by atoms with Crippen molar-refractivity contribution in [1.82, 2.24) is 4.31 Å². The Morgan fingerprint density at radius 1 is 1.12 bits per heavy atom. The fourth-order valence-electron chi connectivity index (χ4n) is 2.63. The predicted molar refractivity (Wildman–Crippen MR) is 92.2 cm³/mol. The molecule has 5 nitrogen and oxygen atoms in total. The lowest BCUT2D eigenvalue weighted by Gasteiger charge is -2.17. The van der Waals surface area contributed by atoms with Gasteiger partial charge in [-0.2, -0.15) is 4.31 Å². The number of hydrogen-bond donors (Lipinski definition) is 0. The minimum Gasteiger partial charge on any atom is -0.497 e. The van der Waals surface area contributed by atoms with Crippen LogP contribution in [0.4, 0.5) is 0 Å². The third-order valence-electron chi connectivity index (χ3n) is 3.90. The molecule has 0 radical (unpaired) electrons. The summed E-state index contributed by atoms with van der Waals surface area (Å²) in [5.74, 6) is 1.20. The van der Waals surface area contributed by atoms with Gasteiger partial charge in [-0.3, -0.25) is 0 Å². The lowest BCUT2D eigenvalue weighted by molar-refractivity contribution is 0.215. The highest BCUT2D eigenvalue weighted by molar-refractivity contribution is 7.89. The van der Waals surface area contributed by atoms with E-state index in [1.807, 2.05) is 0 Å². The van der Waals surface area contributed by atoms with Crippen molar-refractivity contribution < 1.29 is 17.9 Å². The largest absolute Gasteiger partial charge is 0.497 e. The van der Waals surface area contributed by atoms with Crippen LogP contribution in [0.1, 0.15) is 6.42 Å². The molecule has 2 aromatic carbocycles. The molecular formula is C17H18ClNO4S. The van der Waals surface area contributed by atoms with Gasteiger partial charge in [-0.1, -0.05) is 17.7 Å². The minimum absolute atomic E-state index is 0.174. The first-order valence-electron chi connectivity index (χ1n) is 7.55. The zero-order valence-electron chi connectivity index (χ0n) is 13.2. The van der Waals surface area contributed by atoms with Gasteiger partial charge in [0.15, 0.2) is 0 Å². The van der Waals surface area contributed by atoms with Crippen LogP contribution in [0.15, 0.2) is 53.4 Å². The monoisotopic (exact) mass is 367 g/mol. The van der Waals surface area contributed by atoms with Crippen LogP contribution in [0.3, 0.4) is 0 Å². The zero-order valence-corrected chi connectivity index (χ0v) is 14.8. The van der Waals surface area contributed by atoms with Gasteiger partial charge in [0.05, 0.1) is 18.6 Å². The first-order valence-corrected chi connectivity index (χ1v) is 9.37. The van der Waals surface area contributed by atoms with Gasteiger partial charge in [-0.15, -0.1) is 0 Å². The van der Waals surface area contributed by atoms with Crippen LogP contribution in [-0.4, -0.2) is 39.0 Å². The fraction of sp³-hybridized carbons (Fsp3) is 0.294. The molecule has 1 heterocycles. The van der Waals surface area contributed by atoms with Crippen LogP contribution in [0.2, 0.25) is 5.02 Å². The molecule has 128 valence electrons. The molecule has 1 saturated heterocycles. The second-order valence-electron chi connectivity index (χ2n) is 5.52. The average molecular weight is 368 g/mol. The van der Waals surface area contributed by atoms with Crippen LogP contribution >= 0.6 is 11.6 Å². The van der Waals surface area contributed by atoms with Crippen molar-refractivity contribution in [2.75, 3.05) is 20.2 Å². The summed E-state index contributed by atoms with van der Waals surface area (Å²) in [6, 6.07) is 13.5. The number of hydrogen-bond acceptors (Lipinski definition) is 4. The van der Waals surface area contributed by atoms with Gasteiger partial charge < -0.3 is 9.47 Å². The van der Waals surface area contributed by atoms with E-state index in [0.717, 1.165) is 0 Å². The molecule has 2 aromatic rings. The molecule has 1 atom stereocenters. The summed E-state index contributed by atoms with van der Waals surface area (Å²) in [5, 5.41) is 0.635. The van der Waals surface area contributed by atoms with Crippen LogP contribution in [0, 0.1) is 0 Å². The number of sulfonamides is 1. The summed E-state index contributed by atoms with van der Waals surface area (Å²) in [6.07, 6.45) is 0.470. The molecule has 0 amide bonds. The Labute approximate surface area is 146 Å². The van der Waals surface area contributed by atoms with Gasteiger partial charge >= 0.3 is 0 Å². The molecule has 3 rings (SSSR count). The number of ether oxygens (including phenoxy) is 2. The van der Waals surface area contributed by atoms with E-state index in [4.69, 9.17) is 21.1 Å². The maximum Gasteiger partial charge on any atom is 0.243 e. The molecule has 7 heteroatoms. The van der Waals surface area contributed by atoms with Crippen LogP contribution in [0.25, 0.3) is 0 Å². The van der Waals surface area contributed by atoms with Crippen LogP contribution in [-0.2, 0) is 10.0 Å². The van der Waals surface area contributed by atoms with Crippen molar-refractivity contribution in [3.8, 4) is 11.5 Å². The number of methoxy groups -OCH3 is 1. The molecular weight excluding hydrogens is 350 g/mol. The van der Waals surface area contributed by atoms with E-state index in [1.165, 1.54) is 17.5 Å². The maximum atomic E-state index is 12.7. The van der Waals surface area contributed by atoms with Gasteiger partial charge in [0.1, 0.15) is 17.6 Å². The maximum absolute atomic E-state index is 12.7. The summed E-state index contributed by atoms with van der Waals surface area (Å²) < 4.78 is 37.9. The quantitative estimate of drug-likeness (QED) is 0.814. The molecule has 0 aliphatic carbocycles.